The number of fused-ring (bicyclic) bond motifs is 4. The van der Waals surface area contributed by atoms with Crippen LogP contribution in [0, 0.1) is 0 Å². The van der Waals surface area contributed by atoms with Gasteiger partial charge < -0.3 is 13.7 Å². The Labute approximate surface area is 188 Å². The summed E-state index contributed by atoms with van der Waals surface area (Å²) in [5, 5.41) is 5.96. The van der Waals surface area contributed by atoms with Gasteiger partial charge in [-0.2, -0.15) is 0 Å². The zero-order valence-corrected chi connectivity index (χ0v) is 18.8. The monoisotopic (exact) mass is 420 g/mol. The van der Waals surface area contributed by atoms with E-state index in [1.165, 1.54) is 21.5 Å². The third-order valence-electron chi connectivity index (χ3n) is 7.10. The first kappa shape index (κ1) is 19.6. The van der Waals surface area contributed by atoms with E-state index in [0.717, 1.165) is 27.8 Å². The molecule has 2 heterocycles. The van der Waals surface area contributed by atoms with E-state index < -0.39 is 7.12 Å². The van der Waals surface area contributed by atoms with Crippen LogP contribution in [0.3, 0.4) is 0 Å². The molecule has 32 heavy (non-hydrogen) atoms. The van der Waals surface area contributed by atoms with Crippen molar-refractivity contribution >= 4 is 45.1 Å². The molecule has 1 aromatic heterocycles. The van der Waals surface area contributed by atoms with Crippen LogP contribution in [-0.2, 0) is 9.31 Å². The molecule has 0 aliphatic carbocycles. The molecule has 1 saturated heterocycles. The minimum atomic E-state index is -0.403. The maximum atomic E-state index is 6.40. The second-order valence-corrected chi connectivity index (χ2v) is 9.69. The van der Waals surface area contributed by atoms with E-state index in [4.69, 9.17) is 13.7 Å². The molecule has 3 nitrogen and oxygen atoms in total. The Hall–Kier alpha value is -3.08. The van der Waals surface area contributed by atoms with Gasteiger partial charge in [0.1, 0.15) is 11.3 Å². The van der Waals surface area contributed by atoms with E-state index in [2.05, 4.69) is 100 Å². The van der Waals surface area contributed by atoms with Crippen LogP contribution in [0.1, 0.15) is 27.7 Å². The number of hydrogen-bond donors (Lipinski definition) is 0. The van der Waals surface area contributed by atoms with Gasteiger partial charge in [0.25, 0.3) is 0 Å². The van der Waals surface area contributed by atoms with Gasteiger partial charge in [0.15, 0.2) is 0 Å². The van der Waals surface area contributed by atoms with Crippen molar-refractivity contribution in [3.05, 3.63) is 78.9 Å². The standard InChI is InChI=1S/C28H25BO3/c1-27(2)28(3,4)32-29(31-27)20-14-13-19-16-26(30-25(19)17-20)24-15-18-9-5-6-10-21(18)22-11-7-8-12-23(22)24/h5-17H,1-4H3. The van der Waals surface area contributed by atoms with Crippen LogP contribution < -0.4 is 5.46 Å². The minimum absolute atomic E-state index is 0.370. The largest absolute Gasteiger partial charge is 0.494 e. The summed E-state index contributed by atoms with van der Waals surface area (Å²) in [4.78, 5) is 0. The molecule has 4 aromatic carbocycles. The number of rotatable bonds is 2. The fourth-order valence-corrected chi connectivity index (χ4v) is 4.56. The van der Waals surface area contributed by atoms with Gasteiger partial charge in [-0.3, -0.25) is 0 Å². The lowest BCUT2D eigenvalue weighted by Gasteiger charge is -2.32. The molecule has 0 amide bonds. The Morgan fingerprint density at radius 2 is 1.28 bits per heavy atom. The summed E-state index contributed by atoms with van der Waals surface area (Å²) in [6.07, 6.45) is 0. The predicted octanol–water partition coefficient (Wildman–Crippen LogP) is 6.71. The van der Waals surface area contributed by atoms with Crippen molar-refractivity contribution in [3.63, 3.8) is 0 Å². The summed E-state index contributed by atoms with van der Waals surface area (Å²) in [7, 11) is -0.403. The topological polar surface area (TPSA) is 31.6 Å². The zero-order valence-electron chi connectivity index (χ0n) is 18.8. The third-order valence-corrected chi connectivity index (χ3v) is 7.10. The lowest BCUT2D eigenvalue weighted by atomic mass is 9.79. The molecule has 0 N–H and O–H groups in total. The van der Waals surface area contributed by atoms with Crippen LogP contribution in [0.5, 0.6) is 0 Å². The van der Waals surface area contributed by atoms with E-state index in [1.807, 2.05) is 6.07 Å². The molecule has 0 spiro atoms. The Morgan fingerprint density at radius 3 is 2.03 bits per heavy atom. The first-order valence-electron chi connectivity index (χ1n) is 11.1. The summed E-state index contributed by atoms with van der Waals surface area (Å²) < 4.78 is 18.9. The molecule has 1 aliphatic heterocycles. The lowest BCUT2D eigenvalue weighted by Crippen LogP contribution is -2.41. The smallest absolute Gasteiger partial charge is 0.456 e. The van der Waals surface area contributed by atoms with Crippen molar-refractivity contribution in [2.24, 2.45) is 0 Å². The molecule has 0 radical (unpaired) electrons. The van der Waals surface area contributed by atoms with Crippen LogP contribution in [0.25, 0.3) is 43.8 Å². The predicted molar refractivity (Wildman–Crippen MR) is 132 cm³/mol. The Morgan fingerprint density at radius 1 is 0.625 bits per heavy atom. The molecular weight excluding hydrogens is 395 g/mol. The first-order valence-corrected chi connectivity index (χ1v) is 11.1. The zero-order chi connectivity index (χ0) is 22.1. The van der Waals surface area contributed by atoms with Crippen LogP contribution in [0.4, 0.5) is 0 Å². The average Bonchev–Trinajstić information content (AvgIpc) is 3.30. The fourth-order valence-electron chi connectivity index (χ4n) is 4.56. The van der Waals surface area contributed by atoms with Gasteiger partial charge in [-0.15, -0.1) is 0 Å². The first-order chi connectivity index (χ1) is 15.3. The van der Waals surface area contributed by atoms with Gasteiger partial charge in [-0.25, -0.2) is 0 Å². The molecule has 6 rings (SSSR count). The second kappa shape index (κ2) is 6.71. The molecule has 0 bridgehead atoms. The normalized spacial score (nSPS) is 17.6. The van der Waals surface area contributed by atoms with Crippen molar-refractivity contribution in [1.29, 1.82) is 0 Å². The van der Waals surface area contributed by atoms with Crippen molar-refractivity contribution in [2.75, 3.05) is 0 Å². The quantitative estimate of drug-likeness (QED) is 0.235. The molecular formula is C28H25BO3. The van der Waals surface area contributed by atoms with Crippen molar-refractivity contribution in [3.8, 4) is 11.3 Å². The fraction of sp³-hybridized carbons (Fsp3) is 0.214. The summed E-state index contributed by atoms with van der Waals surface area (Å²) in [6, 6.07) is 27.6. The molecule has 158 valence electrons. The van der Waals surface area contributed by atoms with Gasteiger partial charge in [-0.1, -0.05) is 60.7 Å². The molecule has 0 unspecified atom stereocenters. The van der Waals surface area contributed by atoms with E-state index in [-0.39, 0.29) is 11.2 Å². The summed E-state index contributed by atoms with van der Waals surface area (Å²) in [5.41, 5.74) is 2.17. The number of benzene rings is 4. The van der Waals surface area contributed by atoms with Crippen LogP contribution in [0.2, 0.25) is 0 Å². The van der Waals surface area contributed by atoms with Crippen LogP contribution in [0.15, 0.2) is 83.3 Å². The third kappa shape index (κ3) is 2.91. The van der Waals surface area contributed by atoms with Crippen molar-refractivity contribution < 1.29 is 13.7 Å². The second-order valence-electron chi connectivity index (χ2n) is 9.69. The molecule has 1 aliphatic rings. The Balaban J connectivity index is 1.48. The maximum Gasteiger partial charge on any atom is 0.494 e. The Kier molecular flexibility index (Phi) is 4.11. The summed E-state index contributed by atoms with van der Waals surface area (Å²) in [6.45, 7) is 8.28. The molecule has 0 atom stereocenters. The lowest BCUT2D eigenvalue weighted by molar-refractivity contribution is 0.00578. The summed E-state index contributed by atoms with van der Waals surface area (Å²) >= 11 is 0. The van der Waals surface area contributed by atoms with Gasteiger partial charge in [0, 0.05) is 10.9 Å². The van der Waals surface area contributed by atoms with Gasteiger partial charge in [0.2, 0.25) is 0 Å². The number of hydrogen-bond acceptors (Lipinski definition) is 3. The SMILES string of the molecule is CC1(C)OB(c2ccc3cc(-c4cc5ccccc5c5ccccc45)oc3c2)OC1(C)C. The molecule has 4 heteroatoms. The highest BCUT2D eigenvalue weighted by Crippen LogP contribution is 2.38. The van der Waals surface area contributed by atoms with E-state index in [1.54, 1.807) is 0 Å². The van der Waals surface area contributed by atoms with Crippen molar-refractivity contribution in [1.82, 2.24) is 0 Å². The molecule has 0 saturated carbocycles. The highest BCUT2D eigenvalue weighted by molar-refractivity contribution is 6.62. The van der Waals surface area contributed by atoms with Gasteiger partial charge >= 0.3 is 7.12 Å². The molecule has 5 aromatic rings. The van der Waals surface area contributed by atoms with Gasteiger partial charge in [0.05, 0.1) is 11.2 Å². The molecule has 1 fully saturated rings. The van der Waals surface area contributed by atoms with Gasteiger partial charge in [-0.05, 0) is 72.9 Å². The van der Waals surface area contributed by atoms with E-state index >= 15 is 0 Å². The summed E-state index contributed by atoms with van der Waals surface area (Å²) in [5.74, 6) is 0.869. The highest BCUT2D eigenvalue weighted by atomic mass is 16.7. The van der Waals surface area contributed by atoms with E-state index in [0.29, 0.717) is 0 Å². The highest BCUT2D eigenvalue weighted by Gasteiger charge is 2.51. The van der Waals surface area contributed by atoms with Crippen LogP contribution in [-0.4, -0.2) is 18.3 Å². The minimum Gasteiger partial charge on any atom is -0.456 e. The van der Waals surface area contributed by atoms with Crippen LogP contribution >= 0.6 is 0 Å². The Bertz CT molecular complexity index is 1480. The van der Waals surface area contributed by atoms with E-state index in [9.17, 15) is 0 Å². The number of furan rings is 1. The maximum absolute atomic E-state index is 6.40. The average molecular weight is 420 g/mol. The van der Waals surface area contributed by atoms with Crippen molar-refractivity contribution in [2.45, 2.75) is 38.9 Å².